The lowest BCUT2D eigenvalue weighted by atomic mass is 10.1. The van der Waals surface area contributed by atoms with Gasteiger partial charge in [0.15, 0.2) is 0 Å². The van der Waals surface area contributed by atoms with Gasteiger partial charge in [-0.1, -0.05) is 0 Å². The minimum atomic E-state index is -0.435. The van der Waals surface area contributed by atoms with Crippen LogP contribution in [0.3, 0.4) is 0 Å². The Morgan fingerprint density at radius 1 is 1.29 bits per heavy atom. The van der Waals surface area contributed by atoms with Crippen molar-refractivity contribution in [3.05, 3.63) is 35.4 Å². The monoisotopic (exact) mass is 241 g/mol. The van der Waals surface area contributed by atoms with Gasteiger partial charge >= 0.3 is 0 Å². The second-order valence-corrected chi connectivity index (χ2v) is 4.65. The first-order valence-electron chi connectivity index (χ1n) is 5.90. The summed E-state index contributed by atoms with van der Waals surface area (Å²) in [5.41, 5.74) is 0.290. The van der Waals surface area contributed by atoms with Crippen LogP contribution in [-0.2, 0) is 4.74 Å². The van der Waals surface area contributed by atoms with Gasteiger partial charge in [-0.15, -0.1) is 0 Å². The fraction of sp³-hybridized carbons (Fsp3) is 0.538. The summed E-state index contributed by atoms with van der Waals surface area (Å²) in [5.74, 6) is -0.852. The van der Waals surface area contributed by atoms with Crippen LogP contribution in [0.2, 0.25) is 0 Å². The van der Waals surface area contributed by atoms with Crippen LogP contribution in [0.25, 0.3) is 0 Å². The fourth-order valence-corrected chi connectivity index (χ4v) is 2.22. The lowest BCUT2D eigenvalue weighted by Gasteiger charge is -2.19. The van der Waals surface area contributed by atoms with Crippen molar-refractivity contribution in [1.82, 2.24) is 5.32 Å². The molecule has 1 saturated heterocycles. The summed E-state index contributed by atoms with van der Waals surface area (Å²) in [5, 5.41) is 3.26. The zero-order valence-corrected chi connectivity index (χ0v) is 10.0. The largest absolute Gasteiger partial charge is 0.369 e. The van der Waals surface area contributed by atoms with Crippen LogP contribution in [0.1, 0.15) is 31.9 Å². The van der Waals surface area contributed by atoms with Crippen molar-refractivity contribution < 1.29 is 13.5 Å². The van der Waals surface area contributed by atoms with E-state index in [2.05, 4.69) is 12.2 Å². The van der Waals surface area contributed by atoms with Crippen molar-refractivity contribution in [2.24, 2.45) is 0 Å². The molecule has 4 heteroatoms. The molecule has 1 N–H and O–H groups in total. The molecule has 1 aliphatic rings. The molecule has 1 aromatic rings. The first kappa shape index (κ1) is 12.5. The van der Waals surface area contributed by atoms with E-state index in [0.717, 1.165) is 18.6 Å². The van der Waals surface area contributed by atoms with Crippen LogP contribution in [0.5, 0.6) is 0 Å². The van der Waals surface area contributed by atoms with Crippen LogP contribution in [-0.4, -0.2) is 18.7 Å². The average molecular weight is 241 g/mol. The Labute approximate surface area is 100.0 Å². The molecule has 3 atom stereocenters. The van der Waals surface area contributed by atoms with E-state index in [1.807, 2.05) is 6.92 Å². The molecule has 0 bridgehead atoms. The third-order valence-electron chi connectivity index (χ3n) is 3.04. The van der Waals surface area contributed by atoms with Crippen molar-refractivity contribution >= 4 is 0 Å². The van der Waals surface area contributed by atoms with Gasteiger partial charge in [-0.3, -0.25) is 0 Å². The van der Waals surface area contributed by atoms with Crippen LogP contribution < -0.4 is 5.32 Å². The Morgan fingerprint density at radius 2 is 2.06 bits per heavy atom. The van der Waals surface area contributed by atoms with Gasteiger partial charge < -0.3 is 10.1 Å². The first-order valence-corrected chi connectivity index (χ1v) is 5.90. The molecular weight excluding hydrogens is 224 g/mol. The SMILES string of the molecule is CC1CC(C)OC(c2cc(F)ccc2F)CN1. The molecule has 2 rings (SSSR count). The van der Waals surface area contributed by atoms with Crippen LogP contribution in [0.15, 0.2) is 18.2 Å². The smallest absolute Gasteiger partial charge is 0.129 e. The highest BCUT2D eigenvalue weighted by Crippen LogP contribution is 2.25. The van der Waals surface area contributed by atoms with Crippen LogP contribution in [0.4, 0.5) is 8.78 Å². The second kappa shape index (κ2) is 5.10. The molecule has 0 spiro atoms. The summed E-state index contributed by atoms with van der Waals surface area (Å²) in [6.07, 6.45) is 0.478. The topological polar surface area (TPSA) is 21.3 Å². The predicted octanol–water partition coefficient (Wildman–Crippen LogP) is 2.79. The van der Waals surface area contributed by atoms with Gasteiger partial charge in [-0.05, 0) is 38.5 Å². The van der Waals surface area contributed by atoms with Crippen molar-refractivity contribution in [3.63, 3.8) is 0 Å². The molecule has 17 heavy (non-hydrogen) atoms. The van der Waals surface area contributed by atoms with Gasteiger partial charge in [0, 0.05) is 18.2 Å². The lowest BCUT2D eigenvalue weighted by molar-refractivity contribution is 0.00523. The molecular formula is C13H17F2NO. The molecule has 94 valence electrons. The van der Waals surface area contributed by atoms with Gasteiger partial charge in [-0.2, -0.15) is 0 Å². The Bertz CT molecular complexity index is 397. The minimum Gasteiger partial charge on any atom is -0.369 e. The van der Waals surface area contributed by atoms with Crippen molar-refractivity contribution in [2.45, 2.75) is 38.5 Å². The van der Waals surface area contributed by atoms with E-state index in [9.17, 15) is 8.78 Å². The highest BCUT2D eigenvalue weighted by atomic mass is 19.1. The first-order chi connectivity index (χ1) is 8.06. The lowest BCUT2D eigenvalue weighted by Crippen LogP contribution is -2.28. The van der Waals surface area contributed by atoms with Crippen LogP contribution >= 0.6 is 0 Å². The standard InChI is InChI=1S/C13H17F2NO/c1-8-5-9(2)17-13(7-16-8)11-6-10(14)3-4-12(11)15/h3-4,6,8-9,13,16H,5,7H2,1-2H3. The summed E-state index contributed by atoms with van der Waals surface area (Å²) in [6, 6.07) is 3.80. The number of benzene rings is 1. The number of ether oxygens (including phenoxy) is 1. The molecule has 1 aromatic carbocycles. The van der Waals surface area contributed by atoms with Crippen molar-refractivity contribution in [3.8, 4) is 0 Å². The highest BCUT2D eigenvalue weighted by Gasteiger charge is 2.24. The van der Waals surface area contributed by atoms with E-state index in [1.165, 1.54) is 6.07 Å². The summed E-state index contributed by atoms with van der Waals surface area (Å²) < 4.78 is 32.5. The highest BCUT2D eigenvalue weighted by molar-refractivity contribution is 5.22. The molecule has 0 saturated carbocycles. The van der Waals surface area contributed by atoms with E-state index in [4.69, 9.17) is 4.74 Å². The second-order valence-electron chi connectivity index (χ2n) is 4.65. The van der Waals surface area contributed by atoms with Crippen LogP contribution in [0, 0.1) is 11.6 Å². The molecule has 0 aromatic heterocycles. The zero-order valence-electron chi connectivity index (χ0n) is 10.0. The fourth-order valence-electron chi connectivity index (χ4n) is 2.22. The minimum absolute atomic E-state index is 0.0349. The summed E-state index contributed by atoms with van der Waals surface area (Å²) in [6.45, 7) is 4.52. The normalized spacial score (nSPS) is 30.0. The van der Waals surface area contributed by atoms with Crippen molar-refractivity contribution in [2.75, 3.05) is 6.54 Å². The van der Waals surface area contributed by atoms with E-state index in [-0.39, 0.29) is 6.10 Å². The van der Waals surface area contributed by atoms with E-state index in [1.54, 1.807) is 0 Å². The number of rotatable bonds is 1. The Kier molecular flexibility index (Phi) is 3.74. The third-order valence-corrected chi connectivity index (χ3v) is 3.04. The molecule has 1 heterocycles. The quantitative estimate of drug-likeness (QED) is 0.816. The maximum Gasteiger partial charge on any atom is 0.129 e. The zero-order chi connectivity index (χ0) is 12.4. The number of hydrogen-bond donors (Lipinski definition) is 1. The molecule has 1 aliphatic heterocycles. The van der Waals surface area contributed by atoms with E-state index in [0.29, 0.717) is 18.2 Å². The maximum absolute atomic E-state index is 13.6. The molecule has 1 fully saturated rings. The molecule has 0 amide bonds. The number of nitrogens with one attached hydrogen (secondary N) is 1. The van der Waals surface area contributed by atoms with Gasteiger partial charge in [0.25, 0.3) is 0 Å². The average Bonchev–Trinajstić information content (AvgIpc) is 2.43. The Hall–Kier alpha value is -1.00. The maximum atomic E-state index is 13.6. The van der Waals surface area contributed by atoms with Crippen molar-refractivity contribution in [1.29, 1.82) is 0 Å². The molecule has 0 radical (unpaired) electrons. The van der Waals surface area contributed by atoms with Gasteiger partial charge in [0.05, 0.1) is 12.2 Å². The Balaban J connectivity index is 2.23. The Morgan fingerprint density at radius 3 is 2.82 bits per heavy atom. The third kappa shape index (κ3) is 3.01. The van der Waals surface area contributed by atoms with E-state index < -0.39 is 17.7 Å². The predicted molar refractivity (Wildman–Crippen MR) is 61.7 cm³/mol. The van der Waals surface area contributed by atoms with E-state index >= 15 is 0 Å². The summed E-state index contributed by atoms with van der Waals surface area (Å²) in [4.78, 5) is 0. The van der Waals surface area contributed by atoms with Gasteiger partial charge in [-0.25, -0.2) is 8.78 Å². The molecule has 0 aliphatic carbocycles. The summed E-state index contributed by atoms with van der Waals surface area (Å²) in [7, 11) is 0. The van der Waals surface area contributed by atoms with Gasteiger partial charge in [0.1, 0.15) is 11.6 Å². The molecule has 2 nitrogen and oxygen atoms in total. The number of hydrogen-bond acceptors (Lipinski definition) is 2. The van der Waals surface area contributed by atoms with Gasteiger partial charge in [0.2, 0.25) is 0 Å². The number of halogens is 2. The molecule has 3 unspecified atom stereocenters. The summed E-state index contributed by atoms with van der Waals surface area (Å²) >= 11 is 0.